The number of methoxy groups -OCH3 is 1. The number of H-pyrrole nitrogens is 1. The highest BCUT2D eigenvalue weighted by atomic mass is 16.5. The molecule has 96 valence electrons. The van der Waals surface area contributed by atoms with Crippen molar-refractivity contribution in [1.82, 2.24) is 9.97 Å². The molecule has 19 heavy (non-hydrogen) atoms. The molecule has 0 fully saturated rings. The predicted molar refractivity (Wildman–Crippen MR) is 77.6 cm³/mol. The van der Waals surface area contributed by atoms with Gasteiger partial charge < -0.3 is 9.72 Å². The third-order valence-corrected chi connectivity index (χ3v) is 3.60. The smallest absolute Gasteiger partial charge is 0.138 e. The lowest BCUT2D eigenvalue weighted by molar-refractivity contribution is 0.411. The van der Waals surface area contributed by atoms with Crippen LogP contribution >= 0.6 is 0 Å². The minimum absolute atomic E-state index is 0.907. The summed E-state index contributed by atoms with van der Waals surface area (Å²) in [6, 6.07) is 12.1. The van der Waals surface area contributed by atoms with E-state index in [1.807, 2.05) is 30.3 Å². The number of hydrogen-bond donors (Lipinski definition) is 1. The van der Waals surface area contributed by atoms with E-state index in [0.717, 1.165) is 33.7 Å². The molecule has 0 amide bonds. The van der Waals surface area contributed by atoms with Crippen molar-refractivity contribution in [3.63, 3.8) is 0 Å². The quantitative estimate of drug-likeness (QED) is 0.752. The van der Waals surface area contributed by atoms with Crippen LogP contribution in [-0.2, 0) is 0 Å². The maximum Gasteiger partial charge on any atom is 0.138 e. The zero-order valence-electron chi connectivity index (χ0n) is 11.3. The molecule has 1 aromatic heterocycles. The Morgan fingerprint density at radius 3 is 2.53 bits per heavy atom. The molecule has 3 nitrogen and oxygen atoms in total. The van der Waals surface area contributed by atoms with Gasteiger partial charge in [0, 0.05) is 5.56 Å². The van der Waals surface area contributed by atoms with Gasteiger partial charge in [-0.25, -0.2) is 4.98 Å². The van der Waals surface area contributed by atoms with E-state index in [0.29, 0.717) is 0 Å². The van der Waals surface area contributed by atoms with Gasteiger partial charge in [0.1, 0.15) is 11.6 Å². The largest absolute Gasteiger partial charge is 0.496 e. The molecule has 1 N–H and O–H groups in total. The minimum Gasteiger partial charge on any atom is -0.496 e. The second-order valence-electron chi connectivity index (χ2n) is 4.67. The Hall–Kier alpha value is -2.29. The van der Waals surface area contributed by atoms with Gasteiger partial charge in [0.05, 0.1) is 18.1 Å². The molecule has 0 bridgehead atoms. The van der Waals surface area contributed by atoms with Crippen molar-refractivity contribution in [2.24, 2.45) is 0 Å². The van der Waals surface area contributed by atoms with E-state index in [1.54, 1.807) is 7.11 Å². The molecule has 3 heteroatoms. The maximum absolute atomic E-state index is 5.34. The zero-order valence-corrected chi connectivity index (χ0v) is 11.3. The zero-order chi connectivity index (χ0) is 13.4. The number of benzene rings is 2. The third-order valence-electron chi connectivity index (χ3n) is 3.60. The van der Waals surface area contributed by atoms with Crippen LogP contribution in [0.3, 0.4) is 0 Å². The second kappa shape index (κ2) is 4.43. The molecule has 0 atom stereocenters. The van der Waals surface area contributed by atoms with Crippen molar-refractivity contribution in [3.8, 4) is 17.1 Å². The highest BCUT2D eigenvalue weighted by Crippen LogP contribution is 2.30. The normalized spacial score (nSPS) is 10.9. The summed E-state index contributed by atoms with van der Waals surface area (Å²) < 4.78 is 5.34. The van der Waals surface area contributed by atoms with Crippen LogP contribution in [-0.4, -0.2) is 17.1 Å². The summed E-state index contributed by atoms with van der Waals surface area (Å²) in [4.78, 5) is 8.01. The molecule has 0 aliphatic carbocycles. The Balaban J connectivity index is 2.18. The molecular weight excluding hydrogens is 236 g/mol. The van der Waals surface area contributed by atoms with Crippen molar-refractivity contribution in [2.75, 3.05) is 7.11 Å². The van der Waals surface area contributed by atoms with Crippen LogP contribution < -0.4 is 4.74 Å². The second-order valence-corrected chi connectivity index (χ2v) is 4.67. The number of fused-ring (bicyclic) bond motifs is 1. The minimum atomic E-state index is 0.907. The van der Waals surface area contributed by atoms with Gasteiger partial charge in [-0.15, -0.1) is 0 Å². The Morgan fingerprint density at radius 2 is 1.79 bits per heavy atom. The highest BCUT2D eigenvalue weighted by Gasteiger charge is 2.11. The Labute approximate surface area is 112 Å². The molecule has 0 unspecified atom stereocenters. The van der Waals surface area contributed by atoms with E-state index >= 15 is 0 Å². The number of aromatic amines is 1. The van der Waals surface area contributed by atoms with E-state index in [9.17, 15) is 0 Å². The summed E-state index contributed by atoms with van der Waals surface area (Å²) in [7, 11) is 1.70. The first-order valence-electron chi connectivity index (χ1n) is 6.30. The Kier molecular flexibility index (Phi) is 2.75. The van der Waals surface area contributed by atoms with Crippen molar-refractivity contribution in [3.05, 3.63) is 47.5 Å². The standard InChI is InChI=1S/C16H16N2O/c1-10-11(2)15(19-3)9-8-12(10)16-17-13-6-4-5-7-14(13)18-16/h4-9H,1-3H3,(H,17,18). The summed E-state index contributed by atoms with van der Waals surface area (Å²) >= 11 is 0. The number of nitrogens with one attached hydrogen (secondary N) is 1. The first-order valence-corrected chi connectivity index (χ1v) is 6.30. The van der Waals surface area contributed by atoms with Gasteiger partial charge in [-0.2, -0.15) is 0 Å². The van der Waals surface area contributed by atoms with E-state index in [1.165, 1.54) is 5.56 Å². The average Bonchev–Trinajstić information content (AvgIpc) is 2.85. The Morgan fingerprint density at radius 1 is 1.00 bits per heavy atom. The lowest BCUT2D eigenvalue weighted by atomic mass is 10.0. The summed E-state index contributed by atoms with van der Waals surface area (Å²) in [6.07, 6.45) is 0. The number of imidazole rings is 1. The van der Waals surface area contributed by atoms with Crippen LogP contribution in [0.4, 0.5) is 0 Å². The molecule has 2 aromatic carbocycles. The molecule has 1 heterocycles. The molecule has 0 aliphatic heterocycles. The summed E-state index contributed by atoms with van der Waals surface area (Å²) in [6.45, 7) is 4.17. The van der Waals surface area contributed by atoms with Crippen LogP contribution in [0.2, 0.25) is 0 Å². The van der Waals surface area contributed by atoms with Crippen LogP contribution in [0.15, 0.2) is 36.4 Å². The fourth-order valence-corrected chi connectivity index (χ4v) is 2.35. The van der Waals surface area contributed by atoms with Gasteiger partial charge in [0.25, 0.3) is 0 Å². The van der Waals surface area contributed by atoms with Crippen LogP contribution in [0.1, 0.15) is 11.1 Å². The van der Waals surface area contributed by atoms with Crippen molar-refractivity contribution < 1.29 is 4.74 Å². The third kappa shape index (κ3) is 1.87. The number of aromatic nitrogens is 2. The van der Waals surface area contributed by atoms with Crippen molar-refractivity contribution >= 4 is 11.0 Å². The van der Waals surface area contributed by atoms with Crippen LogP contribution in [0.25, 0.3) is 22.4 Å². The van der Waals surface area contributed by atoms with Crippen LogP contribution in [0.5, 0.6) is 5.75 Å². The van der Waals surface area contributed by atoms with E-state index in [-0.39, 0.29) is 0 Å². The summed E-state index contributed by atoms with van der Waals surface area (Å²) in [5.74, 6) is 1.82. The lowest BCUT2D eigenvalue weighted by Crippen LogP contribution is -1.93. The van der Waals surface area contributed by atoms with Gasteiger partial charge in [-0.3, -0.25) is 0 Å². The molecule has 0 aliphatic rings. The molecule has 0 saturated heterocycles. The maximum atomic E-state index is 5.34. The summed E-state index contributed by atoms with van der Waals surface area (Å²) in [5.41, 5.74) is 5.52. The van der Waals surface area contributed by atoms with E-state index in [4.69, 9.17) is 4.74 Å². The van der Waals surface area contributed by atoms with Crippen molar-refractivity contribution in [1.29, 1.82) is 0 Å². The first-order chi connectivity index (χ1) is 9.20. The Bertz CT molecular complexity index is 711. The molecule has 3 rings (SSSR count). The van der Waals surface area contributed by atoms with Gasteiger partial charge in [0.2, 0.25) is 0 Å². The van der Waals surface area contributed by atoms with Gasteiger partial charge in [0.15, 0.2) is 0 Å². The fraction of sp³-hybridized carbons (Fsp3) is 0.188. The molecular formula is C16H16N2O. The number of hydrogen-bond acceptors (Lipinski definition) is 2. The average molecular weight is 252 g/mol. The number of nitrogens with zero attached hydrogens (tertiary/aromatic N) is 1. The van der Waals surface area contributed by atoms with E-state index < -0.39 is 0 Å². The highest BCUT2D eigenvalue weighted by molar-refractivity contribution is 5.80. The monoisotopic (exact) mass is 252 g/mol. The molecule has 0 radical (unpaired) electrons. The topological polar surface area (TPSA) is 37.9 Å². The number of ether oxygens (including phenoxy) is 1. The number of para-hydroxylation sites is 2. The SMILES string of the molecule is COc1ccc(-c2nc3ccccc3[nH]2)c(C)c1C. The van der Waals surface area contributed by atoms with E-state index in [2.05, 4.69) is 29.9 Å². The van der Waals surface area contributed by atoms with Crippen molar-refractivity contribution in [2.45, 2.75) is 13.8 Å². The first kappa shape index (κ1) is 11.8. The summed E-state index contributed by atoms with van der Waals surface area (Å²) in [5, 5.41) is 0. The molecule has 0 saturated carbocycles. The fourth-order valence-electron chi connectivity index (χ4n) is 2.35. The lowest BCUT2D eigenvalue weighted by Gasteiger charge is -2.10. The van der Waals surface area contributed by atoms with Gasteiger partial charge in [-0.1, -0.05) is 12.1 Å². The van der Waals surface area contributed by atoms with Gasteiger partial charge in [-0.05, 0) is 49.2 Å². The molecule has 3 aromatic rings. The predicted octanol–water partition coefficient (Wildman–Crippen LogP) is 3.86. The van der Waals surface area contributed by atoms with Gasteiger partial charge >= 0.3 is 0 Å². The van der Waals surface area contributed by atoms with Crippen LogP contribution in [0, 0.1) is 13.8 Å². The molecule has 0 spiro atoms. The number of rotatable bonds is 2.